The van der Waals surface area contributed by atoms with E-state index >= 15 is 0 Å². The molecular weight excluding hydrogens is 210 g/mol. The molecule has 4 nitrogen and oxygen atoms in total. The molecule has 0 spiro atoms. The summed E-state index contributed by atoms with van der Waals surface area (Å²) in [7, 11) is 0. The Morgan fingerprint density at radius 2 is 2.40 bits per heavy atom. The summed E-state index contributed by atoms with van der Waals surface area (Å²) in [5, 5.41) is 4.68. The molecule has 1 aromatic heterocycles. The number of hydrogen-bond acceptors (Lipinski definition) is 4. The van der Waals surface area contributed by atoms with Crippen molar-refractivity contribution >= 4 is 17.2 Å². The molecule has 84 valence electrons. The van der Waals surface area contributed by atoms with Crippen molar-refractivity contribution in [2.45, 2.75) is 32.9 Å². The molecule has 0 unspecified atom stereocenters. The third-order valence-corrected chi connectivity index (χ3v) is 2.62. The van der Waals surface area contributed by atoms with Crippen LogP contribution in [0.25, 0.3) is 0 Å². The minimum atomic E-state index is -0.413. The van der Waals surface area contributed by atoms with Gasteiger partial charge in [-0.25, -0.2) is 4.98 Å². The fraction of sp³-hybridized carbons (Fsp3) is 0.600. The molecule has 0 bridgehead atoms. The average Bonchev–Trinajstić information content (AvgIpc) is 2.65. The first-order valence-corrected chi connectivity index (χ1v) is 5.94. The Balaban J connectivity index is 2.29. The molecule has 15 heavy (non-hydrogen) atoms. The molecule has 0 saturated carbocycles. The molecule has 0 radical (unpaired) electrons. The minimum Gasteiger partial charge on any atom is -0.349 e. The number of amides is 1. The van der Waals surface area contributed by atoms with E-state index < -0.39 is 6.04 Å². The van der Waals surface area contributed by atoms with Crippen LogP contribution < -0.4 is 11.1 Å². The van der Waals surface area contributed by atoms with Crippen LogP contribution in [-0.2, 0) is 11.3 Å². The Bertz CT molecular complexity index is 298. The summed E-state index contributed by atoms with van der Waals surface area (Å²) in [6.07, 6.45) is 0.711. The second kappa shape index (κ2) is 5.82. The predicted octanol–water partition coefficient (Wildman–Crippen LogP) is 1.13. The van der Waals surface area contributed by atoms with E-state index in [1.807, 2.05) is 19.2 Å². The molecule has 1 heterocycles. The third-order valence-electron chi connectivity index (χ3n) is 1.99. The lowest BCUT2D eigenvalue weighted by atomic mass is 10.0. The Morgan fingerprint density at radius 3 is 2.93 bits per heavy atom. The molecule has 0 aliphatic carbocycles. The van der Waals surface area contributed by atoms with Crippen LogP contribution in [0.1, 0.15) is 26.0 Å². The quantitative estimate of drug-likeness (QED) is 0.792. The van der Waals surface area contributed by atoms with E-state index in [1.165, 1.54) is 11.3 Å². The van der Waals surface area contributed by atoms with E-state index in [2.05, 4.69) is 10.3 Å². The number of nitrogens with two attached hydrogens (primary N) is 1. The van der Waals surface area contributed by atoms with E-state index in [0.29, 0.717) is 18.9 Å². The third kappa shape index (κ3) is 4.40. The molecule has 0 aromatic carbocycles. The van der Waals surface area contributed by atoms with E-state index in [-0.39, 0.29) is 5.91 Å². The summed E-state index contributed by atoms with van der Waals surface area (Å²) in [6, 6.07) is -0.413. The standard InChI is InChI=1S/C10H17N3OS/c1-7(2)3-9(11)10(14)12-4-8-5-15-6-13-8/h5-7,9H,3-4,11H2,1-2H3,(H,12,14)/t9-/m0/s1. The molecule has 0 fully saturated rings. The van der Waals surface area contributed by atoms with Gasteiger partial charge in [-0.3, -0.25) is 4.79 Å². The van der Waals surface area contributed by atoms with Gasteiger partial charge in [0.25, 0.3) is 0 Å². The van der Waals surface area contributed by atoms with Gasteiger partial charge >= 0.3 is 0 Å². The van der Waals surface area contributed by atoms with E-state index in [9.17, 15) is 4.79 Å². The van der Waals surface area contributed by atoms with Crippen molar-refractivity contribution in [2.75, 3.05) is 0 Å². The van der Waals surface area contributed by atoms with Gasteiger partial charge < -0.3 is 11.1 Å². The maximum atomic E-state index is 11.5. The van der Waals surface area contributed by atoms with E-state index in [1.54, 1.807) is 5.51 Å². The molecule has 5 heteroatoms. The van der Waals surface area contributed by atoms with Crippen molar-refractivity contribution in [3.63, 3.8) is 0 Å². The topological polar surface area (TPSA) is 68.0 Å². The van der Waals surface area contributed by atoms with Crippen molar-refractivity contribution in [1.29, 1.82) is 0 Å². The monoisotopic (exact) mass is 227 g/mol. The molecule has 1 atom stereocenters. The molecule has 1 amide bonds. The van der Waals surface area contributed by atoms with Crippen LogP contribution >= 0.6 is 11.3 Å². The Morgan fingerprint density at radius 1 is 1.67 bits per heavy atom. The number of carbonyl (C=O) groups excluding carboxylic acids is 1. The van der Waals surface area contributed by atoms with Gasteiger partial charge in [-0.15, -0.1) is 11.3 Å². The average molecular weight is 227 g/mol. The number of carbonyl (C=O) groups is 1. The maximum Gasteiger partial charge on any atom is 0.237 e. The van der Waals surface area contributed by atoms with Crippen molar-refractivity contribution in [2.24, 2.45) is 11.7 Å². The van der Waals surface area contributed by atoms with Crippen LogP contribution in [0.15, 0.2) is 10.9 Å². The van der Waals surface area contributed by atoms with Gasteiger partial charge in [0.15, 0.2) is 0 Å². The second-order valence-electron chi connectivity index (χ2n) is 3.93. The fourth-order valence-electron chi connectivity index (χ4n) is 1.25. The molecule has 0 aliphatic heterocycles. The highest BCUT2D eigenvalue weighted by Gasteiger charge is 2.14. The largest absolute Gasteiger partial charge is 0.349 e. The first-order chi connectivity index (χ1) is 7.09. The summed E-state index contributed by atoms with van der Waals surface area (Å²) >= 11 is 1.52. The lowest BCUT2D eigenvalue weighted by molar-refractivity contribution is -0.122. The Labute approximate surface area is 93.9 Å². The zero-order valence-corrected chi connectivity index (χ0v) is 9.88. The summed E-state index contributed by atoms with van der Waals surface area (Å²) in [6.45, 7) is 4.56. The molecule has 0 saturated heterocycles. The fourth-order valence-corrected chi connectivity index (χ4v) is 1.81. The highest BCUT2D eigenvalue weighted by atomic mass is 32.1. The second-order valence-corrected chi connectivity index (χ2v) is 4.65. The van der Waals surface area contributed by atoms with Gasteiger partial charge in [0.2, 0.25) is 5.91 Å². The minimum absolute atomic E-state index is 0.100. The van der Waals surface area contributed by atoms with Crippen LogP contribution in [0.3, 0.4) is 0 Å². The summed E-state index contributed by atoms with van der Waals surface area (Å²) in [5.41, 5.74) is 8.35. The van der Waals surface area contributed by atoms with Crippen LogP contribution in [0.4, 0.5) is 0 Å². The van der Waals surface area contributed by atoms with Gasteiger partial charge in [0, 0.05) is 5.38 Å². The number of hydrogen-bond donors (Lipinski definition) is 2. The first-order valence-electron chi connectivity index (χ1n) is 5.00. The zero-order valence-electron chi connectivity index (χ0n) is 9.06. The number of rotatable bonds is 5. The molecule has 1 aromatic rings. The Hall–Kier alpha value is -0.940. The molecular formula is C10H17N3OS. The van der Waals surface area contributed by atoms with Crippen LogP contribution in [-0.4, -0.2) is 16.9 Å². The zero-order chi connectivity index (χ0) is 11.3. The van der Waals surface area contributed by atoms with Crippen LogP contribution in [0.2, 0.25) is 0 Å². The molecule has 0 aliphatic rings. The molecule has 3 N–H and O–H groups in total. The number of aromatic nitrogens is 1. The van der Waals surface area contributed by atoms with Crippen LogP contribution in [0, 0.1) is 5.92 Å². The van der Waals surface area contributed by atoms with Crippen molar-refractivity contribution < 1.29 is 4.79 Å². The van der Waals surface area contributed by atoms with Crippen molar-refractivity contribution in [3.05, 3.63) is 16.6 Å². The number of nitrogens with one attached hydrogen (secondary N) is 1. The highest BCUT2D eigenvalue weighted by molar-refractivity contribution is 7.07. The lowest BCUT2D eigenvalue weighted by Crippen LogP contribution is -2.41. The van der Waals surface area contributed by atoms with Crippen molar-refractivity contribution in [1.82, 2.24) is 10.3 Å². The number of thiazole rings is 1. The summed E-state index contributed by atoms with van der Waals surface area (Å²) < 4.78 is 0. The van der Waals surface area contributed by atoms with Gasteiger partial charge in [0.1, 0.15) is 0 Å². The first kappa shape index (κ1) is 12.1. The summed E-state index contributed by atoms with van der Waals surface area (Å²) in [5.74, 6) is 0.335. The Kier molecular flexibility index (Phi) is 4.71. The summed E-state index contributed by atoms with van der Waals surface area (Å²) in [4.78, 5) is 15.6. The lowest BCUT2D eigenvalue weighted by Gasteiger charge is -2.13. The normalized spacial score (nSPS) is 12.8. The predicted molar refractivity (Wildman–Crippen MR) is 61.4 cm³/mol. The van der Waals surface area contributed by atoms with Gasteiger partial charge in [-0.05, 0) is 12.3 Å². The van der Waals surface area contributed by atoms with E-state index in [0.717, 1.165) is 5.69 Å². The van der Waals surface area contributed by atoms with Crippen molar-refractivity contribution in [3.8, 4) is 0 Å². The smallest absolute Gasteiger partial charge is 0.237 e. The SMILES string of the molecule is CC(C)C[C@H](N)C(=O)NCc1cscn1. The number of nitrogens with zero attached hydrogens (tertiary/aromatic N) is 1. The van der Waals surface area contributed by atoms with Gasteiger partial charge in [-0.2, -0.15) is 0 Å². The highest BCUT2D eigenvalue weighted by Crippen LogP contribution is 2.03. The van der Waals surface area contributed by atoms with Crippen LogP contribution in [0.5, 0.6) is 0 Å². The van der Waals surface area contributed by atoms with E-state index in [4.69, 9.17) is 5.73 Å². The molecule has 1 rings (SSSR count). The maximum absolute atomic E-state index is 11.5. The van der Waals surface area contributed by atoms with Gasteiger partial charge in [-0.1, -0.05) is 13.8 Å². The van der Waals surface area contributed by atoms with Gasteiger partial charge in [0.05, 0.1) is 23.8 Å².